The Morgan fingerprint density at radius 3 is 2.46 bits per heavy atom. The Balaban J connectivity index is 1.83. The van der Waals surface area contributed by atoms with Crippen molar-refractivity contribution in [1.29, 1.82) is 0 Å². The monoisotopic (exact) mass is 327 g/mol. The van der Waals surface area contributed by atoms with Gasteiger partial charge in [-0.2, -0.15) is 0 Å². The van der Waals surface area contributed by atoms with E-state index in [4.69, 9.17) is 4.74 Å². The van der Waals surface area contributed by atoms with Crippen LogP contribution in [-0.4, -0.2) is 31.9 Å². The summed E-state index contributed by atoms with van der Waals surface area (Å²) in [6.07, 6.45) is 0.677. The van der Waals surface area contributed by atoms with Crippen LogP contribution in [0.1, 0.15) is 26.3 Å². The fraction of sp³-hybridized carbons (Fsp3) is 0.167. The van der Waals surface area contributed by atoms with Crippen molar-refractivity contribution in [3.63, 3.8) is 0 Å². The minimum Gasteiger partial charge on any atom is -0.483 e. The highest BCUT2D eigenvalue weighted by molar-refractivity contribution is 5.89. The number of nitrogens with one attached hydrogen (secondary N) is 1. The molecule has 0 aromatic heterocycles. The van der Waals surface area contributed by atoms with Gasteiger partial charge in [-0.25, -0.2) is 4.79 Å². The Labute approximate surface area is 139 Å². The molecular weight excluding hydrogens is 310 g/mol. The minimum absolute atomic E-state index is 0.189. The highest BCUT2D eigenvalue weighted by atomic mass is 16.5. The average Bonchev–Trinajstić information content (AvgIpc) is 2.64. The predicted octanol–water partition coefficient (Wildman–Crippen LogP) is 1.98. The molecule has 0 saturated heterocycles. The van der Waals surface area contributed by atoms with Crippen LogP contribution in [0.15, 0.2) is 48.5 Å². The van der Waals surface area contributed by atoms with Gasteiger partial charge in [0.1, 0.15) is 5.75 Å². The summed E-state index contributed by atoms with van der Waals surface area (Å²) in [4.78, 5) is 34.0. The van der Waals surface area contributed by atoms with Crippen molar-refractivity contribution in [2.24, 2.45) is 0 Å². The number of esters is 1. The van der Waals surface area contributed by atoms with Gasteiger partial charge in [-0.3, -0.25) is 9.59 Å². The maximum Gasteiger partial charge on any atom is 0.337 e. The van der Waals surface area contributed by atoms with Gasteiger partial charge in [0.25, 0.3) is 5.91 Å². The Hall–Kier alpha value is -3.15. The molecule has 2 aromatic carbocycles. The molecule has 0 atom stereocenters. The second-order valence-corrected chi connectivity index (χ2v) is 4.91. The molecular formula is C18H17NO5. The summed E-state index contributed by atoms with van der Waals surface area (Å²) in [5.74, 6) is -0.356. The lowest BCUT2D eigenvalue weighted by molar-refractivity contribution is -0.123. The summed E-state index contributed by atoms with van der Waals surface area (Å²) in [6.45, 7) is 0.115. The van der Waals surface area contributed by atoms with Gasteiger partial charge in [0.05, 0.1) is 18.2 Å². The minimum atomic E-state index is -0.409. The number of hydrogen-bond donors (Lipinski definition) is 1. The molecule has 6 nitrogen and oxygen atoms in total. The molecule has 0 aliphatic rings. The molecule has 0 radical (unpaired) electrons. The molecule has 0 bridgehead atoms. The van der Waals surface area contributed by atoms with Crippen molar-refractivity contribution in [2.45, 2.75) is 6.54 Å². The van der Waals surface area contributed by atoms with Crippen LogP contribution < -0.4 is 10.1 Å². The highest BCUT2D eigenvalue weighted by Crippen LogP contribution is 2.15. The standard InChI is InChI=1S/C18H17NO5/c1-23-18(22)14-8-6-13(7-9-14)10-19-17(21)12-24-16-5-3-2-4-15(16)11-20/h2-9,11H,10,12H2,1H3,(H,19,21). The SMILES string of the molecule is COC(=O)c1ccc(CNC(=O)COc2ccccc2C=O)cc1. The number of benzene rings is 2. The van der Waals surface area contributed by atoms with Crippen LogP contribution in [0.5, 0.6) is 5.75 Å². The highest BCUT2D eigenvalue weighted by Gasteiger charge is 2.07. The van der Waals surface area contributed by atoms with Gasteiger partial charge in [0.15, 0.2) is 12.9 Å². The molecule has 2 aromatic rings. The third-order valence-electron chi connectivity index (χ3n) is 3.27. The number of carbonyl (C=O) groups excluding carboxylic acids is 3. The number of hydrogen-bond acceptors (Lipinski definition) is 5. The number of aldehydes is 1. The third-order valence-corrected chi connectivity index (χ3v) is 3.27. The van der Waals surface area contributed by atoms with Crippen molar-refractivity contribution in [1.82, 2.24) is 5.32 Å². The van der Waals surface area contributed by atoms with Gasteiger partial charge in [-0.1, -0.05) is 24.3 Å². The second kappa shape index (κ2) is 8.47. The molecule has 0 saturated carbocycles. The number of rotatable bonds is 7. The van der Waals surface area contributed by atoms with Gasteiger partial charge in [0, 0.05) is 6.54 Å². The van der Waals surface area contributed by atoms with Crippen LogP contribution in [-0.2, 0) is 16.1 Å². The molecule has 1 N–H and O–H groups in total. The number of methoxy groups -OCH3 is 1. The second-order valence-electron chi connectivity index (χ2n) is 4.91. The summed E-state index contributed by atoms with van der Waals surface area (Å²) in [5, 5.41) is 2.70. The smallest absolute Gasteiger partial charge is 0.337 e. The van der Waals surface area contributed by atoms with Crippen LogP contribution >= 0.6 is 0 Å². The maximum atomic E-state index is 11.8. The van der Waals surface area contributed by atoms with Crippen LogP contribution in [0.25, 0.3) is 0 Å². The molecule has 124 valence electrons. The maximum absolute atomic E-state index is 11.8. The Bertz CT molecular complexity index is 724. The van der Waals surface area contributed by atoms with Gasteiger partial charge in [0.2, 0.25) is 0 Å². The van der Waals surface area contributed by atoms with E-state index in [0.717, 1.165) is 5.56 Å². The van der Waals surface area contributed by atoms with Crippen molar-refractivity contribution >= 4 is 18.2 Å². The van der Waals surface area contributed by atoms with Crippen LogP contribution in [0.4, 0.5) is 0 Å². The molecule has 1 amide bonds. The summed E-state index contributed by atoms with van der Waals surface area (Å²) in [7, 11) is 1.32. The lowest BCUT2D eigenvalue weighted by Crippen LogP contribution is -2.28. The molecule has 0 heterocycles. The van der Waals surface area contributed by atoms with Gasteiger partial charge in [-0.15, -0.1) is 0 Å². The zero-order valence-electron chi connectivity index (χ0n) is 13.2. The zero-order chi connectivity index (χ0) is 17.4. The summed E-state index contributed by atoms with van der Waals surface area (Å²) in [5.41, 5.74) is 1.68. The summed E-state index contributed by atoms with van der Waals surface area (Å²) in [6, 6.07) is 13.4. The first-order valence-corrected chi connectivity index (χ1v) is 7.25. The molecule has 2 rings (SSSR count). The topological polar surface area (TPSA) is 81.7 Å². The number of ether oxygens (including phenoxy) is 2. The molecule has 0 aliphatic heterocycles. The Kier molecular flexibility index (Phi) is 6.08. The van der Waals surface area contributed by atoms with E-state index in [1.165, 1.54) is 7.11 Å². The van der Waals surface area contributed by atoms with Gasteiger partial charge < -0.3 is 14.8 Å². The van der Waals surface area contributed by atoms with Crippen molar-refractivity contribution in [2.75, 3.05) is 13.7 Å². The van der Waals surface area contributed by atoms with E-state index in [0.29, 0.717) is 29.7 Å². The van der Waals surface area contributed by atoms with E-state index in [2.05, 4.69) is 10.1 Å². The molecule has 0 aliphatic carbocycles. The molecule has 24 heavy (non-hydrogen) atoms. The quantitative estimate of drug-likeness (QED) is 0.621. The Morgan fingerprint density at radius 1 is 1.08 bits per heavy atom. The van der Waals surface area contributed by atoms with Crippen LogP contribution in [0.2, 0.25) is 0 Å². The third kappa shape index (κ3) is 4.67. The van der Waals surface area contributed by atoms with Crippen molar-refractivity contribution in [3.05, 3.63) is 65.2 Å². The first-order chi connectivity index (χ1) is 11.6. The van der Waals surface area contributed by atoms with E-state index in [9.17, 15) is 14.4 Å². The molecule has 0 fully saturated rings. The van der Waals surface area contributed by atoms with E-state index < -0.39 is 5.97 Å². The first-order valence-electron chi connectivity index (χ1n) is 7.25. The lowest BCUT2D eigenvalue weighted by Gasteiger charge is -2.09. The fourth-order valence-electron chi connectivity index (χ4n) is 1.98. The summed E-state index contributed by atoms with van der Waals surface area (Å²) < 4.78 is 9.96. The normalized spacial score (nSPS) is 9.88. The van der Waals surface area contributed by atoms with Crippen LogP contribution in [0.3, 0.4) is 0 Å². The van der Waals surface area contributed by atoms with Gasteiger partial charge in [-0.05, 0) is 29.8 Å². The van der Waals surface area contributed by atoms with E-state index in [-0.39, 0.29) is 12.5 Å². The van der Waals surface area contributed by atoms with E-state index >= 15 is 0 Å². The first kappa shape index (κ1) is 17.2. The number of amides is 1. The Morgan fingerprint density at radius 2 is 1.79 bits per heavy atom. The van der Waals surface area contributed by atoms with Gasteiger partial charge >= 0.3 is 5.97 Å². The molecule has 6 heteroatoms. The van der Waals surface area contributed by atoms with E-state index in [1.807, 2.05) is 0 Å². The molecule has 0 unspecified atom stereocenters. The summed E-state index contributed by atoms with van der Waals surface area (Å²) >= 11 is 0. The lowest BCUT2D eigenvalue weighted by atomic mass is 10.1. The van der Waals surface area contributed by atoms with E-state index in [1.54, 1.807) is 48.5 Å². The zero-order valence-corrected chi connectivity index (χ0v) is 13.2. The van der Waals surface area contributed by atoms with Crippen molar-refractivity contribution < 1.29 is 23.9 Å². The average molecular weight is 327 g/mol. The largest absolute Gasteiger partial charge is 0.483 e. The molecule has 0 spiro atoms. The van der Waals surface area contributed by atoms with Crippen LogP contribution in [0, 0.1) is 0 Å². The number of para-hydroxylation sites is 1. The number of carbonyl (C=O) groups is 3. The predicted molar refractivity (Wildman–Crippen MR) is 87.0 cm³/mol. The fourth-order valence-corrected chi connectivity index (χ4v) is 1.98. The van der Waals surface area contributed by atoms with Crippen molar-refractivity contribution in [3.8, 4) is 5.75 Å².